The summed E-state index contributed by atoms with van der Waals surface area (Å²) in [5.74, 6) is -0.0361. The molecule has 2 aromatic rings. The van der Waals surface area contributed by atoms with E-state index in [-0.39, 0.29) is 24.0 Å². The maximum atomic E-state index is 12.3. The van der Waals surface area contributed by atoms with Crippen molar-refractivity contribution in [3.63, 3.8) is 0 Å². The Balaban J connectivity index is 2.05. The van der Waals surface area contributed by atoms with Crippen LogP contribution in [0.1, 0.15) is 23.8 Å². The van der Waals surface area contributed by atoms with Gasteiger partial charge >= 0.3 is 5.97 Å². The second kappa shape index (κ2) is 7.03. The molecule has 0 aromatic carbocycles. The standard InChI is InChI=1S/C14H16N2O4S/c1-3-16(7-6-13(17)19-2)14(18)10-9-11(20-15-10)12-5-4-8-21-12/h4-5,8-9H,3,6-7H2,1-2H3. The SMILES string of the molecule is CCN(CCC(=O)OC)C(=O)c1cc(-c2cccs2)on1. The van der Waals surface area contributed by atoms with Gasteiger partial charge in [0.15, 0.2) is 11.5 Å². The van der Waals surface area contributed by atoms with Crippen LogP contribution >= 0.6 is 11.3 Å². The Bertz CT molecular complexity index is 606. The number of ether oxygens (including phenoxy) is 1. The molecular weight excluding hydrogens is 292 g/mol. The van der Waals surface area contributed by atoms with Crippen LogP contribution in [0.5, 0.6) is 0 Å². The summed E-state index contributed by atoms with van der Waals surface area (Å²) in [5.41, 5.74) is 0.241. The number of carbonyl (C=O) groups excluding carboxylic acids is 2. The average molecular weight is 308 g/mol. The van der Waals surface area contributed by atoms with Crippen LogP contribution in [0.15, 0.2) is 28.1 Å². The molecule has 0 aliphatic carbocycles. The average Bonchev–Trinajstić information content (AvgIpc) is 3.17. The molecule has 2 rings (SSSR count). The van der Waals surface area contributed by atoms with Crippen LogP contribution in [0.25, 0.3) is 10.6 Å². The van der Waals surface area contributed by atoms with Gasteiger partial charge in [-0.2, -0.15) is 0 Å². The van der Waals surface area contributed by atoms with Gasteiger partial charge in [0, 0.05) is 19.2 Å². The Hall–Kier alpha value is -2.15. The number of aromatic nitrogens is 1. The molecule has 7 heteroatoms. The van der Waals surface area contributed by atoms with Gasteiger partial charge in [0.2, 0.25) is 0 Å². The van der Waals surface area contributed by atoms with E-state index >= 15 is 0 Å². The fraction of sp³-hybridized carbons (Fsp3) is 0.357. The van der Waals surface area contributed by atoms with Crippen LogP contribution in [-0.2, 0) is 9.53 Å². The number of amides is 1. The smallest absolute Gasteiger partial charge is 0.307 e. The predicted octanol–water partition coefficient (Wildman–Crippen LogP) is 2.43. The molecule has 0 aliphatic rings. The molecule has 2 heterocycles. The van der Waals surface area contributed by atoms with E-state index in [1.807, 2.05) is 24.4 Å². The van der Waals surface area contributed by atoms with Crippen LogP contribution in [0.4, 0.5) is 0 Å². The summed E-state index contributed by atoms with van der Waals surface area (Å²) < 4.78 is 9.77. The van der Waals surface area contributed by atoms with E-state index in [1.165, 1.54) is 23.3 Å². The molecule has 21 heavy (non-hydrogen) atoms. The van der Waals surface area contributed by atoms with Gasteiger partial charge in [-0.1, -0.05) is 11.2 Å². The molecule has 0 fully saturated rings. The molecule has 0 N–H and O–H groups in total. The highest BCUT2D eigenvalue weighted by atomic mass is 32.1. The third kappa shape index (κ3) is 3.69. The van der Waals surface area contributed by atoms with Crippen LogP contribution in [0.3, 0.4) is 0 Å². The lowest BCUT2D eigenvalue weighted by Crippen LogP contribution is -2.33. The first-order chi connectivity index (χ1) is 10.2. The third-order valence-corrected chi connectivity index (χ3v) is 3.86. The highest BCUT2D eigenvalue weighted by molar-refractivity contribution is 7.13. The minimum absolute atomic E-state index is 0.158. The van der Waals surface area contributed by atoms with E-state index < -0.39 is 0 Å². The van der Waals surface area contributed by atoms with Crippen molar-refractivity contribution in [2.45, 2.75) is 13.3 Å². The Labute approximate surface area is 126 Å². The molecule has 112 valence electrons. The number of methoxy groups -OCH3 is 1. The van der Waals surface area contributed by atoms with Gasteiger partial charge in [-0.05, 0) is 18.4 Å². The Morgan fingerprint density at radius 2 is 2.29 bits per heavy atom. The number of rotatable bonds is 6. The molecule has 0 spiro atoms. The first-order valence-electron chi connectivity index (χ1n) is 6.52. The van der Waals surface area contributed by atoms with Crippen molar-refractivity contribution in [1.29, 1.82) is 0 Å². The van der Waals surface area contributed by atoms with Crippen LogP contribution in [0.2, 0.25) is 0 Å². The number of hydrogen-bond acceptors (Lipinski definition) is 6. The summed E-state index contributed by atoms with van der Waals surface area (Å²) in [4.78, 5) is 25.9. The fourth-order valence-corrected chi connectivity index (χ4v) is 2.48. The van der Waals surface area contributed by atoms with Crippen LogP contribution < -0.4 is 0 Å². The molecule has 6 nitrogen and oxygen atoms in total. The minimum Gasteiger partial charge on any atom is -0.469 e. The number of nitrogens with zero attached hydrogens (tertiary/aromatic N) is 2. The second-order valence-corrected chi connectivity index (χ2v) is 5.21. The van der Waals surface area contributed by atoms with Gasteiger partial charge in [0.05, 0.1) is 18.4 Å². The summed E-state index contributed by atoms with van der Waals surface area (Å²) in [6.45, 7) is 2.62. The lowest BCUT2D eigenvalue weighted by Gasteiger charge is -2.18. The lowest BCUT2D eigenvalue weighted by atomic mass is 10.3. The van der Waals surface area contributed by atoms with Gasteiger partial charge < -0.3 is 14.2 Å². The van der Waals surface area contributed by atoms with Gasteiger partial charge in [0.1, 0.15) is 0 Å². The largest absolute Gasteiger partial charge is 0.469 e. The van der Waals surface area contributed by atoms with Crippen molar-refractivity contribution in [2.75, 3.05) is 20.2 Å². The number of hydrogen-bond donors (Lipinski definition) is 0. The maximum absolute atomic E-state index is 12.3. The summed E-state index contributed by atoms with van der Waals surface area (Å²) in [5, 5.41) is 5.74. The summed E-state index contributed by atoms with van der Waals surface area (Å²) >= 11 is 1.51. The minimum atomic E-state index is -0.347. The van der Waals surface area contributed by atoms with E-state index in [1.54, 1.807) is 6.07 Å². The van der Waals surface area contributed by atoms with E-state index in [4.69, 9.17) is 4.52 Å². The molecule has 0 radical (unpaired) electrons. The number of esters is 1. The van der Waals surface area contributed by atoms with E-state index in [2.05, 4.69) is 9.89 Å². The Morgan fingerprint density at radius 3 is 2.90 bits per heavy atom. The third-order valence-electron chi connectivity index (χ3n) is 2.98. The molecule has 0 unspecified atom stereocenters. The quantitative estimate of drug-likeness (QED) is 0.766. The van der Waals surface area contributed by atoms with Crippen molar-refractivity contribution in [2.24, 2.45) is 0 Å². The topological polar surface area (TPSA) is 72.6 Å². The van der Waals surface area contributed by atoms with Gasteiger partial charge in [-0.15, -0.1) is 11.3 Å². The van der Waals surface area contributed by atoms with E-state index in [9.17, 15) is 9.59 Å². The van der Waals surface area contributed by atoms with Gasteiger partial charge in [-0.25, -0.2) is 0 Å². The van der Waals surface area contributed by atoms with Crippen molar-refractivity contribution >= 4 is 23.2 Å². The zero-order valence-corrected chi connectivity index (χ0v) is 12.7. The van der Waals surface area contributed by atoms with Crippen molar-refractivity contribution in [3.8, 4) is 10.6 Å². The van der Waals surface area contributed by atoms with Crippen LogP contribution in [-0.4, -0.2) is 42.1 Å². The highest BCUT2D eigenvalue weighted by Crippen LogP contribution is 2.25. The Kier molecular flexibility index (Phi) is 5.10. The van der Waals surface area contributed by atoms with Crippen molar-refractivity contribution in [3.05, 3.63) is 29.3 Å². The molecule has 0 bridgehead atoms. The maximum Gasteiger partial charge on any atom is 0.307 e. The monoisotopic (exact) mass is 308 g/mol. The number of carbonyl (C=O) groups is 2. The van der Waals surface area contributed by atoms with Crippen molar-refractivity contribution < 1.29 is 18.8 Å². The molecule has 0 saturated heterocycles. The number of thiophene rings is 1. The van der Waals surface area contributed by atoms with Gasteiger partial charge in [0.25, 0.3) is 5.91 Å². The molecule has 2 aromatic heterocycles. The molecule has 0 atom stereocenters. The van der Waals surface area contributed by atoms with Crippen LogP contribution in [0, 0.1) is 0 Å². The van der Waals surface area contributed by atoms with E-state index in [0.29, 0.717) is 18.8 Å². The zero-order valence-electron chi connectivity index (χ0n) is 11.9. The van der Waals surface area contributed by atoms with E-state index in [0.717, 1.165) is 4.88 Å². The van der Waals surface area contributed by atoms with Crippen molar-refractivity contribution in [1.82, 2.24) is 10.1 Å². The zero-order chi connectivity index (χ0) is 15.2. The first-order valence-corrected chi connectivity index (χ1v) is 7.40. The lowest BCUT2D eigenvalue weighted by molar-refractivity contribution is -0.140. The fourth-order valence-electron chi connectivity index (χ4n) is 1.80. The molecule has 0 saturated carbocycles. The summed E-state index contributed by atoms with van der Waals surface area (Å²) in [7, 11) is 1.32. The Morgan fingerprint density at radius 1 is 1.48 bits per heavy atom. The first kappa shape index (κ1) is 15.2. The summed E-state index contributed by atoms with van der Waals surface area (Å²) in [6.07, 6.45) is 0.158. The normalized spacial score (nSPS) is 10.4. The molecule has 0 aliphatic heterocycles. The predicted molar refractivity (Wildman–Crippen MR) is 78.0 cm³/mol. The second-order valence-electron chi connectivity index (χ2n) is 4.26. The molecular formula is C14H16N2O4S. The summed E-state index contributed by atoms with van der Waals surface area (Å²) in [6, 6.07) is 5.42. The van der Waals surface area contributed by atoms with Gasteiger partial charge in [-0.3, -0.25) is 9.59 Å². The highest BCUT2D eigenvalue weighted by Gasteiger charge is 2.20. The molecule has 1 amide bonds.